The summed E-state index contributed by atoms with van der Waals surface area (Å²) in [6.45, 7) is 0.00228. The van der Waals surface area contributed by atoms with Gasteiger partial charge in [-0.15, -0.1) is 10.2 Å². The summed E-state index contributed by atoms with van der Waals surface area (Å²) >= 11 is 6.45. The highest BCUT2D eigenvalue weighted by Crippen LogP contribution is 2.38. The van der Waals surface area contributed by atoms with Crippen LogP contribution in [0.3, 0.4) is 0 Å². The molecule has 2 N–H and O–H groups in total. The summed E-state index contributed by atoms with van der Waals surface area (Å²) in [5, 5.41) is 21.2. The van der Waals surface area contributed by atoms with Crippen LogP contribution in [0.2, 0.25) is 5.02 Å². The Morgan fingerprint density at radius 3 is 2.94 bits per heavy atom. The van der Waals surface area contributed by atoms with Gasteiger partial charge in [0.25, 0.3) is 0 Å². The van der Waals surface area contributed by atoms with Gasteiger partial charge in [0.2, 0.25) is 5.91 Å². The van der Waals surface area contributed by atoms with Crippen molar-refractivity contribution in [1.82, 2.24) is 44.8 Å². The first kappa shape index (κ1) is 19.7. The van der Waals surface area contributed by atoms with Crippen LogP contribution in [-0.2, 0) is 11.3 Å². The Kier molecular flexibility index (Phi) is 4.33. The van der Waals surface area contributed by atoms with Gasteiger partial charge in [-0.3, -0.25) is 14.9 Å². The van der Waals surface area contributed by atoms with E-state index in [1.54, 1.807) is 16.8 Å². The molecule has 14 heteroatoms. The Balaban J connectivity index is 1.41. The normalized spacial score (nSPS) is 17.7. The van der Waals surface area contributed by atoms with Gasteiger partial charge in [0.05, 0.1) is 47.3 Å². The predicted octanol–water partition coefficient (Wildman–Crippen LogP) is 2.40. The third-order valence-electron chi connectivity index (χ3n) is 5.48. The van der Waals surface area contributed by atoms with Crippen LogP contribution in [0.25, 0.3) is 27.8 Å². The molecule has 11 nitrogen and oxygen atoms in total. The molecule has 1 amide bonds. The van der Waals surface area contributed by atoms with Gasteiger partial charge in [-0.25, -0.2) is 13.8 Å². The van der Waals surface area contributed by atoms with E-state index in [9.17, 15) is 9.18 Å². The fraction of sp³-hybridized carbons (Fsp3) is 0.211. The van der Waals surface area contributed by atoms with E-state index in [0.29, 0.717) is 27.8 Å². The number of nitrogens with zero attached hydrogens (tertiary/aromatic N) is 8. The van der Waals surface area contributed by atoms with Crippen LogP contribution in [0, 0.1) is 11.7 Å². The second-order valence-electron chi connectivity index (χ2n) is 7.62. The molecule has 166 valence electrons. The lowest BCUT2D eigenvalue weighted by Crippen LogP contribution is -2.15. The maximum absolute atomic E-state index is 15.3. The minimum absolute atomic E-state index is 0.00228. The zero-order chi connectivity index (χ0) is 22.7. The smallest absolute Gasteiger partial charge is 0.231 e. The number of hydrogen-bond acceptors (Lipinski definition) is 7. The molecular formula is C19H13ClF2N10O. The number of amides is 1. The Labute approximate surface area is 187 Å². The molecule has 1 aromatic carbocycles. The highest BCUT2D eigenvalue weighted by atomic mass is 35.5. The number of rotatable bonds is 5. The molecule has 0 unspecified atom stereocenters. The summed E-state index contributed by atoms with van der Waals surface area (Å²) in [5.41, 5.74) is 1.80. The van der Waals surface area contributed by atoms with Crippen LogP contribution in [0.15, 0.2) is 31.1 Å². The van der Waals surface area contributed by atoms with Gasteiger partial charge in [0, 0.05) is 22.7 Å². The predicted molar refractivity (Wildman–Crippen MR) is 112 cm³/mol. The first-order valence-electron chi connectivity index (χ1n) is 9.83. The average molecular weight is 471 g/mol. The van der Waals surface area contributed by atoms with Crippen LogP contribution < -0.4 is 5.32 Å². The Morgan fingerprint density at radius 1 is 1.33 bits per heavy atom. The number of alkyl halides is 1. The highest BCUT2D eigenvalue weighted by molar-refractivity contribution is 6.35. The number of H-pyrrole nitrogens is 1. The molecule has 33 heavy (non-hydrogen) atoms. The summed E-state index contributed by atoms with van der Waals surface area (Å²) in [4.78, 5) is 21.9. The molecule has 5 aromatic rings. The van der Waals surface area contributed by atoms with Crippen molar-refractivity contribution >= 4 is 39.9 Å². The second kappa shape index (κ2) is 7.27. The van der Waals surface area contributed by atoms with Crippen molar-refractivity contribution in [3.8, 4) is 11.3 Å². The third kappa shape index (κ3) is 3.28. The monoisotopic (exact) mass is 470 g/mol. The summed E-state index contributed by atoms with van der Waals surface area (Å²) in [6.07, 6.45) is 6.54. The lowest BCUT2D eigenvalue weighted by Gasteiger charge is -2.11. The number of nitrogens with one attached hydrogen (secondary N) is 2. The topological polar surface area (TPSA) is 132 Å². The van der Waals surface area contributed by atoms with Crippen molar-refractivity contribution < 1.29 is 13.6 Å². The number of fused-ring (bicyclic) bond motifs is 2. The lowest BCUT2D eigenvalue weighted by molar-refractivity contribution is -0.117. The van der Waals surface area contributed by atoms with Gasteiger partial charge in [-0.2, -0.15) is 9.90 Å². The minimum Gasteiger partial charge on any atom is -0.309 e. The van der Waals surface area contributed by atoms with Gasteiger partial charge in [-0.1, -0.05) is 11.6 Å². The number of carbonyl (C=O) groups is 1. The zero-order valence-electron chi connectivity index (χ0n) is 16.6. The molecule has 4 heterocycles. The maximum Gasteiger partial charge on any atom is 0.231 e. The Hall–Kier alpha value is -4.00. The molecular weight excluding hydrogens is 458 g/mol. The van der Waals surface area contributed by atoms with Gasteiger partial charge >= 0.3 is 0 Å². The number of imidazole rings is 1. The average Bonchev–Trinajstić information content (AvgIpc) is 3.22. The number of aromatic nitrogens is 9. The van der Waals surface area contributed by atoms with Crippen molar-refractivity contribution in [2.75, 3.05) is 5.32 Å². The number of anilines is 1. The van der Waals surface area contributed by atoms with Crippen LogP contribution in [0.5, 0.6) is 0 Å². The van der Waals surface area contributed by atoms with Crippen molar-refractivity contribution in [2.24, 2.45) is 5.92 Å². The molecule has 0 saturated heterocycles. The van der Waals surface area contributed by atoms with Crippen molar-refractivity contribution in [3.63, 3.8) is 0 Å². The summed E-state index contributed by atoms with van der Waals surface area (Å²) < 4.78 is 30.1. The first-order valence-corrected chi connectivity index (χ1v) is 10.2. The van der Waals surface area contributed by atoms with Crippen LogP contribution in [0.4, 0.5) is 14.6 Å². The highest BCUT2D eigenvalue weighted by Gasteiger charge is 2.43. The number of halogens is 3. The van der Waals surface area contributed by atoms with Crippen molar-refractivity contribution in [1.29, 1.82) is 0 Å². The van der Waals surface area contributed by atoms with E-state index < -0.39 is 23.8 Å². The number of tetrazole rings is 1. The summed E-state index contributed by atoms with van der Waals surface area (Å²) in [5.74, 6) is -1.45. The van der Waals surface area contributed by atoms with Crippen molar-refractivity contribution in [2.45, 2.75) is 19.1 Å². The molecule has 4 aromatic heterocycles. The minimum atomic E-state index is -1.10. The lowest BCUT2D eigenvalue weighted by atomic mass is 10.0. The molecule has 1 aliphatic carbocycles. The fourth-order valence-electron chi connectivity index (χ4n) is 3.72. The number of hydrogen-bond donors (Lipinski definition) is 2. The van der Waals surface area contributed by atoms with E-state index in [0.717, 1.165) is 0 Å². The van der Waals surface area contributed by atoms with E-state index in [2.05, 4.69) is 40.9 Å². The maximum atomic E-state index is 15.3. The molecule has 1 aliphatic rings. The van der Waals surface area contributed by atoms with Gasteiger partial charge in [0.1, 0.15) is 12.0 Å². The molecule has 6 rings (SSSR count). The fourth-order valence-corrected chi connectivity index (χ4v) is 4.03. The molecule has 1 fully saturated rings. The number of benzene rings is 1. The van der Waals surface area contributed by atoms with Crippen molar-refractivity contribution in [3.05, 3.63) is 47.5 Å². The number of carbonyl (C=O) groups excluding carboxylic acids is 1. The third-order valence-corrected chi connectivity index (χ3v) is 5.83. The molecule has 0 radical (unpaired) electrons. The van der Waals surface area contributed by atoms with Gasteiger partial charge in [0.15, 0.2) is 17.8 Å². The zero-order valence-corrected chi connectivity index (χ0v) is 17.3. The molecule has 0 aliphatic heterocycles. The van der Waals surface area contributed by atoms with E-state index in [1.807, 2.05) is 0 Å². The van der Waals surface area contributed by atoms with E-state index in [1.165, 1.54) is 23.5 Å². The quantitative estimate of drug-likeness (QED) is 0.403. The van der Waals surface area contributed by atoms with Crippen LogP contribution in [0.1, 0.15) is 12.0 Å². The first-order chi connectivity index (χ1) is 16.0. The summed E-state index contributed by atoms with van der Waals surface area (Å²) in [6, 6.07) is 0. The van der Waals surface area contributed by atoms with E-state index in [4.69, 9.17) is 11.6 Å². The van der Waals surface area contributed by atoms with Crippen LogP contribution in [-0.4, -0.2) is 56.9 Å². The molecule has 1 saturated carbocycles. The van der Waals surface area contributed by atoms with E-state index in [-0.39, 0.29) is 29.4 Å². The van der Waals surface area contributed by atoms with Gasteiger partial charge < -0.3 is 9.72 Å². The SMILES string of the molecule is O=C(Nc1cn2cc(-c3c(Cl)c(F)c(Cn4ncnn4)c4[nH]ncc34)ncc2n1)[C@@H]1C[C@@H]1F. The van der Waals surface area contributed by atoms with E-state index >= 15 is 4.39 Å². The molecule has 0 bridgehead atoms. The van der Waals surface area contributed by atoms with Crippen LogP contribution >= 0.6 is 11.6 Å². The number of aromatic amines is 1. The molecule has 0 spiro atoms. The van der Waals surface area contributed by atoms with Gasteiger partial charge in [-0.05, 0) is 11.6 Å². The Bertz CT molecular complexity index is 1530. The standard InChI is InChI=1S/C19H13ClF2N10O/c20-16-15(9-2-24-29-18(9)10(17(16)22)4-32-26-7-25-30-32)12-5-31-6-13(27-14(31)3-23-12)28-19(33)8-1-11(8)21/h2-3,5-8,11H,1,4H2,(H,24,29)(H,28,33)/t8-,11+/m1/s1. The summed E-state index contributed by atoms with van der Waals surface area (Å²) in [7, 11) is 0. The largest absolute Gasteiger partial charge is 0.309 e. The Morgan fingerprint density at radius 2 is 2.18 bits per heavy atom. The molecule has 2 atom stereocenters. The second-order valence-corrected chi connectivity index (χ2v) is 8.00.